The van der Waals surface area contributed by atoms with Gasteiger partial charge in [-0.1, -0.05) is 54.0 Å². The first-order valence-corrected chi connectivity index (χ1v) is 10.2. The highest BCUT2D eigenvalue weighted by atomic mass is 79.9. The van der Waals surface area contributed by atoms with Gasteiger partial charge in [0.1, 0.15) is 11.5 Å². The summed E-state index contributed by atoms with van der Waals surface area (Å²) in [6, 6.07) is 19.2. The van der Waals surface area contributed by atoms with Crippen LogP contribution in [0.5, 0.6) is 0 Å². The Hall–Kier alpha value is -2.44. The molecule has 0 aliphatic rings. The molecule has 2 aromatic carbocycles. The molecule has 144 valence electrons. The van der Waals surface area contributed by atoms with Gasteiger partial charge in [0, 0.05) is 15.6 Å². The number of carbonyl (C=O) groups excluding carboxylic acids is 1. The molecule has 0 saturated heterocycles. The van der Waals surface area contributed by atoms with Crippen molar-refractivity contribution in [1.82, 2.24) is 10.6 Å². The van der Waals surface area contributed by atoms with Gasteiger partial charge in [-0.3, -0.25) is 10.1 Å². The molecule has 0 bridgehead atoms. The molecule has 4 nitrogen and oxygen atoms in total. The third kappa shape index (κ3) is 5.30. The molecule has 0 saturated carbocycles. The summed E-state index contributed by atoms with van der Waals surface area (Å²) in [6.45, 7) is 4.62. The van der Waals surface area contributed by atoms with Crippen LogP contribution in [0.3, 0.4) is 0 Å². The van der Waals surface area contributed by atoms with Gasteiger partial charge in [-0.25, -0.2) is 0 Å². The lowest BCUT2D eigenvalue weighted by Gasteiger charge is -2.10. The highest BCUT2D eigenvalue weighted by Gasteiger charge is 2.10. The molecule has 0 spiro atoms. The van der Waals surface area contributed by atoms with E-state index in [1.54, 1.807) is 0 Å². The van der Waals surface area contributed by atoms with Crippen molar-refractivity contribution in [1.29, 1.82) is 0 Å². The number of furan rings is 1. The normalized spacial score (nSPS) is 10.7. The van der Waals surface area contributed by atoms with Crippen molar-refractivity contribution in [3.05, 3.63) is 82.0 Å². The number of rotatable bonds is 5. The Bertz CT molecular complexity index is 963. The van der Waals surface area contributed by atoms with E-state index in [4.69, 9.17) is 16.6 Å². The maximum atomic E-state index is 12.3. The van der Waals surface area contributed by atoms with Crippen molar-refractivity contribution >= 4 is 39.2 Å². The Morgan fingerprint density at radius 1 is 1.04 bits per heavy atom. The van der Waals surface area contributed by atoms with Crippen molar-refractivity contribution < 1.29 is 9.21 Å². The van der Waals surface area contributed by atoms with Crippen LogP contribution < -0.4 is 10.6 Å². The van der Waals surface area contributed by atoms with Crippen LogP contribution in [0.2, 0.25) is 0 Å². The molecule has 0 atom stereocenters. The Labute approximate surface area is 178 Å². The lowest BCUT2D eigenvalue weighted by molar-refractivity contribution is 0.0976. The molecule has 0 fully saturated rings. The minimum Gasteiger partial charge on any atom is -0.459 e. The molecule has 28 heavy (non-hydrogen) atoms. The van der Waals surface area contributed by atoms with E-state index in [1.165, 1.54) is 5.56 Å². The summed E-state index contributed by atoms with van der Waals surface area (Å²) in [6.07, 6.45) is 0. The van der Waals surface area contributed by atoms with E-state index in [0.717, 1.165) is 21.6 Å². The van der Waals surface area contributed by atoms with E-state index in [9.17, 15) is 4.79 Å². The maximum absolute atomic E-state index is 12.3. The first-order valence-electron chi connectivity index (χ1n) is 8.96. The predicted molar refractivity (Wildman–Crippen MR) is 119 cm³/mol. The van der Waals surface area contributed by atoms with Crippen molar-refractivity contribution in [2.24, 2.45) is 0 Å². The Balaban J connectivity index is 1.53. The monoisotopic (exact) mass is 456 g/mol. The third-order valence-corrected chi connectivity index (χ3v) is 5.06. The van der Waals surface area contributed by atoms with E-state index in [0.29, 0.717) is 18.0 Å². The van der Waals surface area contributed by atoms with E-state index < -0.39 is 0 Å². The first kappa shape index (κ1) is 20.3. The van der Waals surface area contributed by atoms with Gasteiger partial charge in [0.2, 0.25) is 0 Å². The molecular formula is C22H21BrN2O2S. The van der Waals surface area contributed by atoms with Gasteiger partial charge in [-0.15, -0.1) is 0 Å². The fourth-order valence-corrected chi connectivity index (χ4v) is 3.08. The first-order chi connectivity index (χ1) is 13.4. The number of thiocarbonyl (C=S) groups is 1. The van der Waals surface area contributed by atoms with E-state index >= 15 is 0 Å². The molecule has 3 rings (SSSR count). The van der Waals surface area contributed by atoms with Crippen LogP contribution in [-0.4, -0.2) is 11.0 Å². The average Bonchev–Trinajstić information content (AvgIpc) is 3.16. The quantitative estimate of drug-likeness (QED) is 0.487. The van der Waals surface area contributed by atoms with Crippen LogP contribution >= 0.6 is 28.1 Å². The van der Waals surface area contributed by atoms with Gasteiger partial charge in [-0.2, -0.15) is 0 Å². The summed E-state index contributed by atoms with van der Waals surface area (Å²) in [5.41, 5.74) is 2.76. The van der Waals surface area contributed by atoms with Crippen LogP contribution in [0, 0.1) is 0 Å². The van der Waals surface area contributed by atoms with Crippen molar-refractivity contribution in [2.75, 3.05) is 0 Å². The lowest BCUT2D eigenvalue weighted by atomic mass is 10.0. The van der Waals surface area contributed by atoms with Gasteiger partial charge >= 0.3 is 0 Å². The molecule has 1 heterocycles. The average molecular weight is 457 g/mol. The van der Waals surface area contributed by atoms with Gasteiger partial charge in [-0.05, 0) is 60.1 Å². The molecule has 1 amide bonds. The molecule has 0 aliphatic carbocycles. The molecule has 2 N–H and O–H groups in total. The van der Waals surface area contributed by atoms with Gasteiger partial charge in [0.25, 0.3) is 5.91 Å². The lowest BCUT2D eigenvalue weighted by Crippen LogP contribution is -2.38. The van der Waals surface area contributed by atoms with E-state index in [-0.39, 0.29) is 11.0 Å². The highest BCUT2D eigenvalue weighted by molar-refractivity contribution is 9.10. The van der Waals surface area contributed by atoms with E-state index in [2.05, 4.69) is 40.4 Å². The van der Waals surface area contributed by atoms with Crippen LogP contribution in [0.25, 0.3) is 11.3 Å². The van der Waals surface area contributed by atoms with E-state index in [1.807, 2.05) is 60.7 Å². The second-order valence-corrected chi connectivity index (χ2v) is 8.01. The summed E-state index contributed by atoms with van der Waals surface area (Å²) in [5.74, 6) is 1.71. The van der Waals surface area contributed by atoms with Gasteiger partial charge in [0.15, 0.2) is 5.11 Å². The zero-order valence-electron chi connectivity index (χ0n) is 15.7. The van der Waals surface area contributed by atoms with Crippen molar-refractivity contribution in [3.8, 4) is 11.3 Å². The van der Waals surface area contributed by atoms with Crippen molar-refractivity contribution in [3.63, 3.8) is 0 Å². The minimum absolute atomic E-state index is 0.234. The predicted octanol–water partition coefficient (Wildman–Crippen LogP) is 5.64. The van der Waals surface area contributed by atoms with Gasteiger partial charge in [0.05, 0.1) is 6.54 Å². The number of hydrogen-bond donors (Lipinski definition) is 2. The Morgan fingerprint density at radius 2 is 1.71 bits per heavy atom. The fourth-order valence-electron chi connectivity index (χ4n) is 2.65. The largest absolute Gasteiger partial charge is 0.459 e. The Kier molecular flexibility index (Phi) is 6.65. The summed E-state index contributed by atoms with van der Waals surface area (Å²) < 4.78 is 6.85. The molecular weight excluding hydrogens is 436 g/mol. The minimum atomic E-state index is -0.234. The number of nitrogens with one attached hydrogen (secondary N) is 2. The van der Waals surface area contributed by atoms with Crippen molar-refractivity contribution in [2.45, 2.75) is 26.3 Å². The smallest absolute Gasteiger partial charge is 0.257 e. The number of hydrogen-bond acceptors (Lipinski definition) is 3. The molecule has 3 aromatic rings. The molecule has 1 aromatic heterocycles. The number of amides is 1. The summed E-state index contributed by atoms with van der Waals surface area (Å²) in [5, 5.41) is 5.96. The molecule has 0 radical (unpaired) electrons. The van der Waals surface area contributed by atoms with Crippen LogP contribution in [0.1, 0.15) is 41.4 Å². The summed E-state index contributed by atoms with van der Waals surface area (Å²) in [4.78, 5) is 12.3. The molecule has 6 heteroatoms. The molecule has 0 unspecified atom stereocenters. The third-order valence-electron chi connectivity index (χ3n) is 4.28. The highest BCUT2D eigenvalue weighted by Crippen LogP contribution is 2.24. The SMILES string of the molecule is CC(C)c1ccc(C(=O)NC(=S)NCc2ccc(-c3ccc(Br)cc3)o2)cc1. The second-order valence-electron chi connectivity index (χ2n) is 6.69. The summed E-state index contributed by atoms with van der Waals surface area (Å²) >= 11 is 8.64. The van der Waals surface area contributed by atoms with Crippen LogP contribution in [0.15, 0.2) is 69.6 Å². The topological polar surface area (TPSA) is 54.3 Å². The second kappa shape index (κ2) is 9.17. The number of benzene rings is 2. The Morgan fingerprint density at radius 3 is 2.36 bits per heavy atom. The molecule has 0 aliphatic heterocycles. The number of halogens is 1. The van der Waals surface area contributed by atoms with Crippen LogP contribution in [0.4, 0.5) is 0 Å². The number of carbonyl (C=O) groups is 1. The van der Waals surface area contributed by atoms with Crippen LogP contribution in [-0.2, 0) is 6.54 Å². The fraction of sp³-hybridized carbons (Fsp3) is 0.182. The van der Waals surface area contributed by atoms with Gasteiger partial charge < -0.3 is 9.73 Å². The maximum Gasteiger partial charge on any atom is 0.257 e. The zero-order chi connectivity index (χ0) is 20.1. The summed E-state index contributed by atoms with van der Waals surface area (Å²) in [7, 11) is 0. The zero-order valence-corrected chi connectivity index (χ0v) is 18.1. The standard InChI is InChI=1S/C22H21BrN2O2S/c1-14(2)15-3-5-17(6-4-15)21(26)25-22(28)24-13-19-11-12-20(27-19)16-7-9-18(23)10-8-16/h3-12,14H,13H2,1-2H3,(H2,24,25,26,28).